The Morgan fingerprint density at radius 3 is 2.40 bits per heavy atom. The number of aromatic nitrogens is 2. The molecule has 2 aromatic rings. The zero-order valence-electron chi connectivity index (χ0n) is 25.9. The molecular weight excluding hydrogens is 580 g/mol. The molecule has 8 N–H and O–H groups in total. The van der Waals surface area contributed by atoms with Crippen LogP contribution in [0.15, 0.2) is 29.5 Å². The molecule has 1 saturated heterocycles. The molecule has 4 heterocycles. The first-order valence-electron chi connectivity index (χ1n) is 15.2. The zero-order chi connectivity index (χ0) is 33.0. The number of allylic oxidation sites excluding steroid dienone is 2. The number of rotatable bonds is 11. The number of fused-ring (bicyclic) bond motifs is 1. The quantitative estimate of drug-likeness (QED) is 0.186. The Balaban J connectivity index is 1.53. The maximum Gasteiger partial charge on any atom is 0.326 e. The van der Waals surface area contributed by atoms with Gasteiger partial charge in [0.15, 0.2) is 11.5 Å². The van der Waals surface area contributed by atoms with Crippen molar-refractivity contribution < 1.29 is 39.6 Å². The Labute approximate surface area is 260 Å². The first kappa shape index (κ1) is 32.0. The van der Waals surface area contributed by atoms with Gasteiger partial charge in [0, 0.05) is 82.2 Å². The van der Waals surface area contributed by atoms with Gasteiger partial charge in [0.05, 0.1) is 12.3 Å². The number of amides is 1. The predicted octanol–water partition coefficient (Wildman–Crippen LogP) is 2.63. The fraction of sp³-hybridized carbons (Fsp3) is 0.455. The molecule has 240 valence electrons. The monoisotopic (exact) mass is 620 g/mol. The number of aliphatic hydroxyl groups excluding tert-OH is 1. The van der Waals surface area contributed by atoms with E-state index >= 15 is 0 Å². The lowest BCUT2D eigenvalue weighted by Gasteiger charge is -2.25. The summed E-state index contributed by atoms with van der Waals surface area (Å²) in [4.78, 5) is 55.9. The number of hydrogen-bond donors (Lipinski definition) is 8. The van der Waals surface area contributed by atoms with Crippen LogP contribution in [0.2, 0.25) is 0 Å². The number of carbonyl (C=O) groups is 4. The van der Waals surface area contributed by atoms with Crippen LogP contribution < -0.4 is 10.6 Å². The molecule has 1 amide bonds. The van der Waals surface area contributed by atoms with Gasteiger partial charge in [0.1, 0.15) is 6.04 Å². The van der Waals surface area contributed by atoms with Crippen molar-refractivity contribution in [3.8, 4) is 0 Å². The molecule has 45 heavy (non-hydrogen) atoms. The number of carboxylic acid groups (broad SMARTS) is 2. The smallest absolute Gasteiger partial charge is 0.326 e. The predicted molar refractivity (Wildman–Crippen MR) is 164 cm³/mol. The van der Waals surface area contributed by atoms with E-state index < -0.39 is 29.6 Å². The summed E-state index contributed by atoms with van der Waals surface area (Å²) in [7, 11) is 0. The van der Waals surface area contributed by atoms with Crippen molar-refractivity contribution in [2.45, 2.75) is 84.6 Å². The van der Waals surface area contributed by atoms with Gasteiger partial charge >= 0.3 is 11.9 Å². The summed E-state index contributed by atoms with van der Waals surface area (Å²) >= 11 is 0. The van der Waals surface area contributed by atoms with Gasteiger partial charge in [-0.3, -0.25) is 14.4 Å². The SMILES string of the molecule is C=CC1=C(C)C(=O)NC1(O)Cc1[nH]c(Cc2[nH]c3c(c2C)C(=O)CC3=C2NC(C(=O)O)C(C)C2CCC(=O)O)c(CC)c1CO. The highest BCUT2D eigenvalue weighted by Gasteiger charge is 2.45. The summed E-state index contributed by atoms with van der Waals surface area (Å²) in [6, 6.07) is -0.901. The fourth-order valence-corrected chi connectivity index (χ4v) is 7.44. The van der Waals surface area contributed by atoms with Gasteiger partial charge in [-0.05, 0) is 43.7 Å². The second-order valence-corrected chi connectivity index (χ2v) is 12.3. The first-order valence-corrected chi connectivity index (χ1v) is 15.2. The summed E-state index contributed by atoms with van der Waals surface area (Å²) in [5.41, 5.74) is 5.83. The zero-order valence-corrected chi connectivity index (χ0v) is 25.9. The Hall–Kier alpha value is -4.42. The highest BCUT2D eigenvalue weighted by atomic mass is 16.4. The summed E-state index contributed by atoms with van der Waals surface area (Å²) in [6.45, 7) is 10.7. The van der Waals surface area contributed by atoms with Gasteiger partial charge in [-0.25, -0.2) is 4.79 Å². The van der Waals surface area contributed by atoms with Crippen molar-refractivity contribution in [1.29, 1.82) is 0 Å². The van der Waals surface area contributed by atoms with Crippen LogP contribution in [0.1, 0.15) is 89.9 Å². The Morgan fingerprint density at radius 2 is 1.80 bits per heavy atom. The number of nitrogens with one attached hydrogen (secondary N) is 4. The molecule has 2 aromatic heterocycles. The van der Waals surface area contributed by atoms with E-state index in [-0.39, 0.29) is 49.9 Å². The van der Waals surface area contributed by atoms with Crippen molar-refractivity contribution >= 4 is 29.2 Å². The Bertz CT molecular complexity index is 1690. The van der Waals surface area contributed by atoms with Crippen LogP contribution in [0.4, 0.5) is 0 Å². The molecule has 0 bridgehead atoms. The first-order chi connectivity index (χ1) is 21.3. The van der Waals surface area contributed by atoms with Gasteiger partial charge in [-0.1, -0.05) is 26.5 Å². The van der Waals surface area contributed by atoms with E-state index in [1.807, 2.05) is 13.8 Å². The van der Waals surface area contributed by atoms with Gasteiger partial charge in [-0.15, -0.1) is 0 Å². The third kappa shape index (κ3) is 5.31. The average molecular weight is 621 g/mol. The largest absolute Gasteiger partial charge is 0.481 e. The molecule has 0 spiro atoms. The molecule has 12 nitrogen and oxygen atoms in total. The number of aliphatic hydroxyl groups is 2. The van der Waals surface area contributed by atoms with Crippen LogP contribution in [0.25, 0.3) is 5.57 Å². The minimum atomic E-state index is -1.69. The third-order valence-electron chi connectivity index (χ3n) is 9.78. The van der Waals surface area contributed by atoms with Gasteiger partial charge in [0.2, 0.25) is 5.91 Å². The summed E-state index contributed by atoms with van der Waals surface area (Å²) in [5, 5.41) is 46.6. The van der Waals surface area contributed by atoms with E-state index in [0.717, 1.165) is 22.5 Å². The second-order valence-electron chi connectivity index (χ2n) is 12.3. The lowest BCUT2D eigenvalue weighted by atomic mass is 9.85. The molecule has 2 aliphatic heterocycles. The van der Waals surface area contributed by atoms with E-state index in [2.05, 4.69) is 27.2 Å². The van der Waals surface area contributed by atoms with Crippen LogP contribution in [0, 0.1) is 18.8 Å². The molecule has 3 aliphatic rings. The molecule has 0 aromatic carbocycles. The maximum absolute atomic E-state index is 13.3. The van der Waals surface area contributed by atoms with E-state index in [1.165, 1.54) is 6.08 Å². The molecule has 1 aliphatic carbocycles. The van der Waals surface area contributed by atoms with E-state index in [9.17, 15) is 39.6 Å². The number of carboxylic acids is 2. The Kier molecular flexibility index (Phi) is 8.41. The highest BCUT2D eigenvalue weighted by molar-refractivity contribution is 6.13. The molecule has 5 rings (SSSR count). The minimum Gasteiger partial charge on any atom is -0.481 e. The lowest BCUT2D eigenvalue weighted by Crippen LogP contribution is -2.46. The van der Waals surface area contributed by atoms with Gasteiger partial charge < -0.3 is 41.0 Å². The number of H-pyrrole nitrogens is 2. The minimum absolute atomic E-state index is 0.0123. The molecule has 0 radical (unpaired) electrons. The Morgan fingerprint density at radius 1 is 1.09 bits per heavy atom. The van der Waals surface area contributed by atoms with Crippen molar-refractivity contribution in [2.75, 3.05) is 0 Å². The number of aromatic amines is 2. The second kappa shape index (κ2) is 11.8. The van der Waals surface area contributed by atoms with Gasteiger partial charge in [-0.2, -0.15) is 0 Å². The van der Waals surface area contributed by atoms with Crippen LogP contribution in [0.3, 0.4) is 0 Å². The molecular formula is C33H40N4O8. The molecule has 12 heteroatoms. The summed E-state index contributed by atoms with van der Waals surface area (Å²) in [5.74, 6) is -3.24. The summed E-state index contributed by atoms with van der Waals surface area (Å²) < 4.78 is 0. The number of aliphatic carboxylic acids is 2. The van der Waals surface area contributed by atoms with Crippen molar-refractivity contribution in [3.63, 3.8) is 0 Å². The van der Waals surface area contributed by atoms with Crippen LogP contribution in [-0.4, -0.2) is 65.8 Å². The number of Topliss-reactive ketones (excluding diaryl/α,β-unsaturated/α-hetero) is 1. The van der Waals surface area contributed by atoms with Crippen molar-refractivity contribution in [1.82, 2.24) is 20.6 Å². The molecule has 0 saturated carbocycles. The lowest BCUT2D eigenvalue weighted by molar-refractivity contribution is -0.140. The highest BCUT2D eigenvalue weighted by Crippen LogP contribution is 2.44. The van der Waals surface area contributed by atoms with Crippen molar-refractivity contribution in [2.24, 2.45) is 11.8 Å². The topological polar surface area (TPSA) is 205 Å². The maximum atomic E-state index is 13.3. The fourth-order valence-electron chi connectivity index (χ4n) is 7.44. The third-order valence-corrected chi connectivity index (χ3v) is 9.78. The van der Waals surface area contributed by atoms with E-state index in [0.29, 0.717) is 57.8 Å². The average Bonchev–Trinajstić information content (AvgIpc) is 3.72. The molecule has 4 atom stereocenters. The number of hydrogen-bond acceptors (Lipinski definition) is 7. The normalized spacial score (nSPS) is 26.0. The van der Waals surface area contributed by atoms with Crippen molar-refractivity contribution in [3.05, 3.63) is 74.5 Å². The van der Waals surface area contributed by atoms with Crippen LogP contribution in [-0.2, 0) is 40.3 Å². The molecule has 4 unspecified atom stereocenters. The standard InChI is InChI=1S/C33H40N4O8/c1-6-17-20(13-38)24(12-33(45)21(7-2)15(4)31(42)37-33)34-23(17)11-22-16(5)27-25(39)10-19(30(27)35-22)29-18(8-9-26(40)41)14(3)28(36-29)32(43)44/h7,14,18,28,34-36,38,45H,2,6,8-13H2,1,3-5H3,(H,37,42)(H,40,41)(H,43,44). The number of ketones is 1. The summed E-state index contributed by atoms with van der Waals surface area (Å²) in [6.07, 6.45) is 2.57. The van der Waals surface area contributed by atoms with Gasteiger partial charge in [0.25, 0.3) is 0 Å². The van der Waals surface area contributed by atoms with Crippen LogP contribution >= 0.6 is 0 Å². The van der Waals surface area contributed by atoms with E-state index in [1.54, 1.807) is 13.8 Å². The molecule has 1 fully saturated rings. The number of carbonyl (C=O) groups excluding carboxylic acids is 2. The van der Waals surface area contributed by atoms with E-state index in [4.69, 9.17) is 0 Å². The van der Waals surface area contributed by atoms with Crippen LogP contribution in [0.5, 0.6) is 0 Å².